The zero-order valence-corrected chi connectivity index (χ0v) is 8.61. The Bertz CT molecular complexity index is 587. The summed E-state index contributed by atoms with van der Waals surface area (Å²) in [5.41, 5.74) is 2.87. The van der Waals surface area contributed by atoms with Crippen LogP contribution in [-0.4, -0.2) is 10.2 Å². The Balaban J connectivity index is 2.96. The Kier molecular flexibility index (Phi) is 2.05. The number of hydrogen-bond acceptors (Lipinski definition) is 2. The van der Waals surface area contributed by atoms with E-state index in [9.17, 15) is 4.79 Å². The lowest BCUT2D eigenvalue weighted by Gasteiger charge is -2.03. The van der Waals surface area contributed by atoms with E-state index in [0.717, 1.165) is 11.2 Å². The van der Waals surface area contributed by atoms with Crippen molar-refractivity contribution in [1.29, 1.82) is 5.26 Å². The second-order valence-electron chi connectivity index (χ2n) is 3.50. The van der Waals surface area contributed by atoms with E-state index in [2.05, 4.69) is 6.07 Å². The van der Waals surface area contributed by atoms with Gasteiger partial charge in [-0.3, -0.25) is 4.79 Å². The van der Waals surface area contributed by atoms with Gasteiger partial charge in [-0.15, -0.1) is 0 Å². The quantitative estimate of drug-likeness (QED) is 0.660. The van der Waals surface area contributed by atoms with Gasteiger partial charge in [-0.05, 0) is 25.1 Å². The molecule has 74 valence electrons. The van der Waals surface area contributed by atoms with E-state index in [0.29, 0.717) is 11.3 Å². The summed E-state index contributed by atoms with van der Waals surface area (Å²) in [5, 5.41) is 8.95. The smallest absolute Gasteiger partial charge is 0.176 e. The van der Waals surface area contributed by atoms with Crippen molar-refractivity contribution in [2.75, 3.05) is 0 Å². The topological polar surface area (TPSA) is 45.3 Å². The normalized spacial score (nSPS) is 10.2. The van der Waals surface area contributed by atoms with Crippen LogP contribution in [0.2, 0.25) is 0 Å². The van der Waals surface area contributed by atoms with Crippen molar-refractivity contribution in [2.24, 2.45) is 0 Å². The molecule has 2 rings (SSSR count). The number of Topliss-reactive ketones (excluding diaryl/α,β-unsaturated/α-hetero) is 1. The van der Waals surface area contributed by atoms with Crippen molar-refractivity contribution in [1.82, 2.24) is 4.40 Å². The average Bonchev–Trinajstić information content (AvgIpc) is 2.58. The number of aromatic nitrogens is 1. The molecule has 2 heterocycles. The molecule has 0 bridgehead atoms. The molecule has 0 fully saturated rings. The number of nitriles is 1. The number of nitrogens with zero attached hydrogens (tertiary/aromatic N) is 2. The molecular formula is C12H10N2O. The number of carbonyl (C=O) groups is 1. The molecular weight excluding hydrogens is 188 g/mol. The van der Waals surface area contributed by atoms with Crippen LogP contribution in [-0.2, 0) is 0 Å². The number of ketones is 1. The predicted molar refractivity (Wildman–Crippen MR) is 56.9 cm³/mol. The summed E-state index contributed by atoms with van der Waals surface area (Å²) in [5.74, 6) is -0.0270. The maximum absolute atomic E-state index is 11.4. The Morgan fingerprint density at radius 1 is 1.47 bits per heavy atom. The van der Waals surface area contributed by atoms with Gasteiger partial charge in [0.1, 0.15) is 6.07 Å². The van der Waals surface area contributed by atoms with Gasteiger partial charge in [0.2, 0.25) is 0 Å². The summed E-state index contributed by atoms with van der Waals surface area (Å²) in [6, 6.07) is 9.39. The monoisotopic (exact) mass is 198 g/mol. The fourth-order valence-corrected chi connectivity index (χ4v) is 1.77. The van der Waals surface area contributed by atoms with Crippen LogP contribution in [0.5, 0.6) is 0 Å². The third kappa shape index (κ3) is 1.31. The Hall–Kier alpha value is -2.08. The Labute approximate surface area is 87.6 Å². The molecule has 15 heavy (non-hydrogen) atoms. The van der Waals surface area contributed by atoms with Crippen LogP contribution >= 0.6 is 0 Å². The number of aryl methyl sites for hydroxylation is 1. The fourth-order valence-electron chi connectivity index (χ4n) is 1.77. The van der Waals surface area contributed by atoms with Crippen LogP contribution in [0, 0.1) is 18.3 Å². The summed E-state index contributed by atoms with van der Waals surface area (Å²) in [4.78, 5) is 11.4. The molecule has 0 aliphatic carbocycles. The van der Waals surface area contributed by atoms with Gasteiger partial charge in [-0.1, -0.05) is 6.07 Å². The van der Waals surface area contributed by atoms with Crippen LogP contribution < -0.4 is 0 Å². The highest BCUT2D eigenvalue weighted by Gasteiger charge is 2.12. The first-order valence-corrected chi connectivity index (χ1v) is 4.67. The Morgan fingerprint density at radius 2 is 2.20 bits per heavy atom. The van der Waals surface area contributed by atoms with Crippen molar-refractivity contribution < 1.29 is 4.79 Å². The van der Waals surface area contributed by atoms with Gasteiger partial charge < -0.3 is 4.40 Å². The van der Waals surface area contributed by atoms with Crippen molar-refractivity contribution in [3.05, 3.63) is 41.2 Å². The number of pyridine rings is 1. The van der Waals surface area contributed by atoms with E-state index in [1.54, 1.807) is 6.07 Å². The number of carbonyl (C=O) groups excluding carboxylic acids is 1. The van der Waals surface area contributed by atoms with Crippen molar-refractivity contribution in [3.8, 4) is 6.07 Å². The molecule has 0 atom stereocenters. The van der Waals surface area contributed by atoms with Gasteiger partial charge in [0.15, 0.2) is 5.78 Å². The molecule has 0 amide bonds. The minimum Gasteiger partial charge on any atom is -0.310 e. The van der Waals surface area contributed by atoms with Gasteiger partial charge in [-0.2, -0.15) is 5.26 Å². The highest BCUT2D eigenvalue weighted by molar-refractivity contribution is 5.95. The summed E-state index contributed by atoms with van der Waals surface area (Å²) in [7, 11) is 0. The summed E-state index contributed by atoms with van der Waals surface area (Å²) >= 11 is 0. The van der Waals surface area contributed by atoms with E-state index >= 15 is 0 Å². The van der Waals surface area contributed by atoms with E-state index in [1.165, 1.54) is 6.92 Å². The lowest BCUT2D eigenvalue weighted by atomic mass is 10.2. The third-order valence-electron chi connectivity index (χ3n) is 2.46. The van der Waals surface area contributed by atoms with E-state index in [1.807, 2.05) is 29.5 Å². The first-order chi connectivity index (χ1) is 7.15. The van der Waals surface area contributed by atoms with E-state index in [4.69, 9.17) is 5.26 Å². The first-order valence-electron chi connectivity index (χ1n) is 4.67. The molecule has 0 aromatic carbocycles. The Morgan fingerprint density at radius 3 is 2.80 bits per heavy atom. The van der Waals surface area contributed by atoms with Crippen LogP contribution in [0.1, 0.15) is 28.7 Å². The van der Waals surface area contributed by atoms with E-state index in [-0.39, 0.29) is 5.78 Å². The largest absolute Gasteiger partial charge is 0.310 e. The maximum Gasteiger partial charge on any atom is 0.176 e. The van der Waals surface area contributed by atoms with Crippen LogP contribution in [0.3, 0.4) is 0 Å². The molecule has 0 spiro atoms. The predicted octanol–water partition coefficient (Wildman–Crippen LogP) is 2.32. The summed E-state index contributed by atoms with van der Waals surface area (Å²) < 4.78 is 1.82. The van der Waals surface area contributed by atoms with Crippen LogP contribution in [0.25, 0.3) is 5.52 Å². The molecule has 0 N–H and O–H groups in total. The zero-order valence-electron chi connectivity index (χ0n) is 8.61. The number of fused-ring (bicyclic) bond motifs is 1. The third-order valence-corrected chi connectivity index (χ3v) is 2.46. The highest BCUT2D eigenvalue weighted by atomic mass is 16.1. The number of rotatable bonds is 1. The van der Waals surface area contributed by atoms with Crippen molar-refractivity contribution in [2.45, 2.75) is 13.8 Å². The summed E-state index contributed by atoms with van der Waals surface area (Å²) in [6.45, 7) is 3.43. The van der Waals surface area contributed by atoms with Gasteiger partial charge >= 0.3 is 0 Å². The molecule has 3 nitrogen and oxygen atoms in total. The average molecular weight is 198 g/mol. The SMILES string of the molecule is CC(=O)c1cc(C#N)c2cccc(C)n12. The lowest BCUT2D eigenvalue weighted by molar-refractivity contribution is 0.101. The molecule has 0 aliphatic rings. The molecule has 3 heteroatoms. The molecule has 0 aliphatic heterocycles. The molecule has 2 aromatic rings. The molecule has 2 aromatic heterocycles. The first kappa shape index (κ1) is 9.47. The second-order valence-corrected chi connectivity index (χ2v) is 3.50. The zero-order chi connectivity index (χ0) is 11.0. The lowest BCUT2D eigenvalue weighted by Crippen LogP contribution is -2.00. The van der Waals surface area contributed by atoms with Crippen LogP contribution in [0.4, 0.5) is 0 Å². The molecule has 0 saturated carbocycles. The second kappa shape index (κ2) is 3.25. The summed E-state index contributed by atoms with van der Waals surface area (Å²) in [6.07, 6.45) is 0. The minimum absolute atomic E-state index is 0.0270. The molecule has 0 saturated heterocycles. The van der Waals surface area contributed by atoms with Gasteiger partial charge in [0, 0.05) is 12.6 Å². The maximum atomic E-state index is 11.4. The minimum atomic E-state index is -0.0270. The van der Waals surface area contributed by atoms with Gasteiger partial charge in [0.25, 0.3) is 0 Å². The standard InChI is InChI=1S/C12H10N2O/c1-8-4-3-5-11-10(7-13)6-12(9(2)15)14(8)11/h3-6H,1-2H3. The van der Waals surface area contributed by atoms with E-state index < -0.39 is 0 Å². The van der Waals surface area contributed by atoms with Crippen LogP contribution in [0.15, 0.2) is 24.3 Å². The van der Waals surface area contributed by atoms with Gasteiger partial charge in [-0.25, -0.2) is 0 Å². The molecule has 0 unspecified atom stereocenters. The van der Waals surface area contributed by atoms with Crippen molar-refractivity contribution in [3.63, 3.8) is 0 Å². The number of hydrogen-bond donors (Lipinski definition) is 0. The van der Waals surface area contributed by atoms with Crippen molar-refractivity contribution >= 4 is 11.3 Å². The highest BCUT2D eigenvalue weighted by Crippen LogP contribution is 2.18. The fraction of sp³-hybridized carbons (Fsp3) is 0.167. The molecule has 0 radical (unpaired) electrons. The van der Waals surface area contributed by atoms with Gasteiger partial charge in [0.05, 0.1) is 16.8 Å².